The summed E-state index contributed by atoms with van der Waals surface area (Å²) in [5.74, 6) is 1.42. The van der Waals surface area contributed by atoms with Crippen molar-refractivity contribution in [2.45, 2.75) is 25.7 Å². The SMILES string of the molecule is CC(C)(CN1CC(CS)CC1=O)c1cccc(Cl)c1. The Labute approximate surface area is 125 Å². The van der Waals surface area contributed by atoms with Gasteiger partial charge in [-0.05, 0) is 29.4 Å². The molecule has 1 fully saturated rings. The maximum Gasteiger partial charge on any atom is 0.222 e. The molecule has 1 aliphatic rings. The Kier molecular flexibility index (Phi) is 4.46. The van der Waals surface area contributed by atoms with Gasteiger partial charge in [0.1, 0.15) is 0 Å². The molecule has 1 amide bonds. The predicted molar refractivity (Wildman–Crippen MR) is 83.0 cm³/mol. The van der Waals surface area contributed by atoms with Crippen molar-refractivity contribution in [3.05, 3.63) is 34.9 Å². The lowest BCUT2D eigenvalue weighted by Crippen LogP contribution is -2.38. The molecule has 1 aromatic rings. The first-order valence-corrected chi connectivity index (χ1v) is 7.58. The van der Waals surface area contributed by atoms with Gasteiger partial charge in [0, 0.05) is 29.9 Å². The van der Waals surface area contributed by atoms with Gasteiger partial charge in [-0.2, -0.15) is 12.6 Å². The minimum atomic E-state index is -0.0912. The summed E-state index contributed by atoms with van der Waals surface area (Å²) in [6, 6.07) is 7.89. The zero-order valence-electron chi connectivity index (χ0n) is 11.4. The van der Waals surface area contributed by atoms with Gasteiger partial charge in [-0.3, -0.25) is 4.79 Å². The van der Waals surface area contributed by atoms with Crippen LogP contribution in [0.4, 0.5) is 0 Å². The number of likely N-dealkylation sites (tertiary alicyclic amines) is 1. The van der Waals surface area contributed by atoms with Gasteiger partial charge in [0.15, 0.2) is 0 Å². The van der Waals surface area contributed by atoms with E-state index in [0.717, 1.165) is 23.9 Å². The van der Waals surface area contributed by atoms with Crippen molar-refractivity contribution in [3.8, 4) is 0 Å². The van der Waals surface area contributed by atoms with Crippen molar-refractivity contribution in [3.63, 3.8) is 0 Å². The Hall–Kier alpha value is -0.670. The molecule has 1 unspecified atom stereocenters. The van der Waals surface area contributed by atoms with Crippen molar-refractivity contribution >= 4 is 30.1 Å². The Morgan fingerprint density at radius 3 is 2.79 bits per heavy atom. The summed E-state index contributed by atoms with van der Waals surface area (Å²) in [7, 11) is 0. The molecule has 2 nitrogen and oxygen atoms in total. The Morgan fingerprint density at radius 1 is 1.47 bits per heavy atom. The molecule has 19 heavy (non-hydrogen) atoms. The Balaban J connectivity index is 2.11. The van der Waals surface area contributed by atoms with Crippen molar-refractivity contribution in [2.24, 2.45) is 5.92 Å². The third-order valence-electron chi connectivity index (χ3n) is 3.75. The average molecular weight is 298 g/mol. The first-order chi connectivity index (χ1) is 8.92. The number of rotatable bonds is 4. The van der Waals surface area contributed by atoms with Crippen molar-refractivity contribution in [1.82, 2.24) is 4.90 Å². The molecule has 4 heteroatoms. The highest BCUT2D eigenvalue weighted by atomic mass is 35.5. The van der Waals surface area contributed by atoms with Gasteiger partial charge >= 0.3 is 0 Å². The molecule has 1 heterocycles. The first kappa shape index (κ1) is 14.7. The third-order valence-corrected chi connectivity index (χ3v) is 4.50. The maximum absolute atomic E-state index is 12.0. The lowest BCUT2D eigenvalue weighted by molar-refractivity contribution is -0.128. The summed E-state index contributed by atoms with van der Waals surface area (Å²) < 4.78 is 0. The molecule has 0 spiro atoms. The van der Waals surface area contributed by atoms with E-state index in [4.69, 9.17) is 11.6 Å². The highest BCUT2D eigenvalue weighted by Gasteiger charge is 2.33. The van der Waals surface area contributed by atoms with Crippen LogP contribution in [0.1, 0.15) is 25.8 Å². The number of amides is 1. The van der Waals surface area contributed by atoms with Gasteiger partial charge in [0.05, 0.1) is 0 Å². The van der Waals surface area contributed by atoms with E-state index in [1.54, 1.807) is 0 Å². The Morgan fingerprint density at radius 2 is 2.21 bits per heavy atom. The maximum atomic E-state index is 12.0. The van der Waals surface area contributed by atoms with E-state index in [-0.39, 0.29) is 11.3 Å². The molecule has 1 saturated heterocycles. The minimum absolute atomic E-state index is 0.0912. The smallest absolute Gasteiger partial charge is 0.222 e. The van der Waals surface area contributed by atoms with Crippen LogP contribution in [0, 0.1) is 5.92 Å². The van der Waals surface area contributed by atoms with E-state index in [1.807, 2.05) is 23.1 Å². The summed E-state index contributed by atoms with van der Waals surface area (Å²) >= 11 is 10.3. The summed E-state index contributed by atoms with van der Waals surface area (Å²) in [6.07, 6.45) is 0.634. The van der Waals surface area contributed by atoms with Crippen LogP contribution in [0.15, 0.2) is 24.3 Å². The highest BCUT2D eigenvalue weighted by Crippen LogP contribution is 2.29. The van der Waals surface area contributed by atoms with Gasteiger partial charge in [0.2, 0.25) is 5.91 Å². The minimum Gasteiger partial charge on any atom is -0.341 e. The summed E-state index contributed by atoms with van der Waals surface area (Å²) in [6.45, 7) is 5.86. The number of benzene rings is 1. The predicted octanol–water partition coefficient (Wildman–Crippen LogP) is 3.40. The number of thiol groups is 1. The van der Waals surface area contributed by atoms with Crippen LogP contribution in [0.25, 0.3) is 0 Å². The molecule has 1 atom stereocenters. The second-order valence-electron chi connectivity index (χ2n) is 5.92. The first-order valence-electron chi connectivity index (χ1n) is 6.57. The molecule has 0 aromatic heterocycles. The van der Waals surface area contributed by atoms with E-state index in [0.29, 0.717) is 12.3 Å². The molecule has 1 aliphatic heterocycles. The van der Waals surface area contributed by atoms with Crippen molar-refractivity contribution < 1.29 is 4.79 Å². The number of hydrogen-bond donors (Lipinski definition) is 1. The van der Waals surface area contributed by atoms with Crippen LogP contribution < -0.4 is 0 Å². The van der Waals surface area contributed by atoms with Gasteiger partial charge in [-0.25, -0.2) is 0 Å². The zero-order chi connectivity index (χ0) is 14.0. The van der Waals surface area contributed by atoms with E-state index in [9.17, 15) is 4.79 Å². The average Bonchev–Trinajstić information content (AvgIpc) is 2.70. The molecule has 0 aliphatic carbocycles. The van der Waals surface area contributed by atoms with Crippen LogP contribution >= 0.6 is 24.2 Å². The van der Waals surface area contributed by atoms with Crippen LogP contribution in [0.5, 0.6) is 0 Å². The number of carbonyl (C=O) groups excluding carboxylic acids is 1. The fourth-order valence-corrected chi connectivity index (χ4v) is 3.04. The van der Waals surface area contributed by atoms with Crippen molar-refractivity contribution in [2.75, 3.05) is 18.8 Å². The van der Waals surface area contributed by atoms with Crippen LogP contribution in [-0.4, -0.2) is 29.6 Å². The monoisotopic (exact) mass is 297 g/mol. The third kappa shape index (κ3) is 3.46. The van der Waals surface area contributed by atoms with Gasteiger partial charge in [-0.1, -0.05) is 37.6 Å². The number of nitrogens with zero attached hydrogens (tertiary/aromatic N) is 1. The number of hydrogen-bond acceptors (Lipinski definition) is 2. The molecule has 0 radical (unpaired) electrons. The van der Waals surface area contributed by atoms with Crippen LogP contribution in [0.2, 0.25) is 5.02 Å². The van der Waals surface area contributed by atoms with Crippen LogP contribution in [0.3, 0.4) is 0 Å². The van der Waals surface area contributed by atoms with E-state index in [1.165, 1.54) is 5.56 Å². The molecule has 104 valence electrons. The fourth-order valence-electron chi connectivity index (χ4n) is 2.61. The summed E-state index contributed by atoms with van der Waals surface area (Å²) in [4.78, 5) is 13.9. The largest absolute Gasteiger partial charge is 0.341 e. The topological polar surface area (TPSA) is 20.3 Å². The molecule has 0 saturated carbocycles. The van der Waals surface area contributed by atoms with Crippen molar-refractivity contribution in [1.29, 1.82) is 0 Å². The second-order valence-corrected chi connectivity index (χ2v) is 6.72. The highest BCUT2D eigenvalue weighted by molar-refractivity contribution is 7.80. The standard InChI is InChI=1S/C15H20ClNOS/c1-15(2,12-4-3-5-13(16)7-12)10-17-8-11(9-19)6-14(17)18/h3-5,7,11,19H,6,8-10H2,1-2H3. The van der Waals surface area contributed by atoms with Gasteiger partial charge in [0.25, 0.3) is 0 Å². The van der Waals surface area contributed by atoms with Gasteiger partial charge in [-0.15, -0.1) is 0 Å². The molecule has 0 bridgehead atoms. The van der Waals surface area contributed by atoms with E-state index >= 15 is 0 Å². The zero-order valence-corrected chi connectivity index (χ0v) is 13.0. The molecule has 1 aromatic carbocycles. The fraction of sp³-hybridized carbons (Fsp3) is 0.533. The molecular formula is C15H20ClNOS. The molecule has 0 N–H and O–H groups in total. The van der Waals surface area contributed by atoms with Gasteiger partial charge < -0.3 is 4.90 Å². The normalized spacial score (nSPS) is 20.1. The van der Waals surface area contributed by atoms with E-state index in [2.05, 4.69) is 32.5 Å². The summed E-state index contributed by atoms with van der Waals surface area (Å²) in [5.41, 5.74) is 1.08. The molecule has 2 rings (SSSR count). The lowest BCUT2D eigenvalue weighted by atomic mass is 9.84. The van der Waals surface area contributed by atoms with E-state index < -0.39 is 0 Å². The number of halogens is 1. The quantitative estimate of drug-likeness (QED) is 0.845. The second kappa shape index (κ2) is 5.76. The molecular weight excluding hydrogens is 278 g/mol. The Bertz CT molecular complexity index is 475. The summed E-state index contributed by atoms with van der Waals surface area (Å²) in [5, 5.41) is 0.742. The number of carbonyl (C=O) groups is 1. The van der Waals surface area contributed by atoms with Crippen LogP contribution in [-0.2, 0) is 10.2 Å². The lowest BCUT2D eigenvalue weighted by Gasteiger charge is -2.31.